The van der Waals surface area contributed by atoms with Crippen LogP contribution in [0.4, 0.5) is 0 Å². The second kappa shape index (κ2) is 6.28. The lowest BCUT2D eigenvalue weighted by atomic mass is 9.99. The molecular weight excluding hydrogens is 216 g/mol. The van der Waals surface area contributed by atoms with Gasteiger partial charge in [-0.15, -0.1) is 0 Å². The van der Waals surface area contributed by atoms with Gasteiger partial charge in [0.2, 0.25) is 0 Å². The van der Waals surface area contributed by atoms with Crippen molar-refractivity contribution in [2.45, 2.75) is 46.0 Å². The molecule has 0 aliphatic carbocycles. The van der Waals surface area contributed by atoms with Crippen LogP contribution >= 0.6 is 0 Å². The van der Waals surface area contributed by atoms with Crippen molar-refractivity contribution >= 4 is 5.78 Å². The van der Waals surface area contributed by atoms with Crippen LogP contribution < -0.4 is 0 Å². The van der Waals surface area contributed by atoms with Crippen LogP contribution in [0.25, 0.3) is 0 Å². The Kier molecular flexibility index (Phi) is 5.01. The third-order valence-electron chi connectivity index (χ3n) is 2.91. The highest BCUT2D eigenvalue weighted by Crippen LogP contribution is 2.32. The lowest BCUT2D eigenvalue weighted by Gasteiger charge is -2.10. The molecule has 2 N–H and O–H groups in total. The van der Waals surface area contributed by atoms with Crippen LogP contribution in [-0.2, 0) is 6.42 Å². The normalized spacial score (nSPS) is 10.5. The number of carbonyl (C=O) groups excluding carboxylic acids is 1. The summed E-state index contributed by atoms with van der Waals surface area (Å²) in [5.41, 5.74) is 0.814. The lowest BCUT2D eigenvalue weighted by molar-refractivity contribution is 0.0985. The van der Waals surface area contributed by atoms with Crippen molar-refractivity contribution < 1.29 is 15.0 Å². The molecule has 1 aromatic rings. The van der Waals surface area contributed by atoms with E-state index in [9.17, 15) is 15.0 Å². The van der Waals surface area contributed by atoms with Gasteiger partial charge in [-0.25, -0.2) is 0 Å². The maximum atomic E-state index is 11.6. The number of rotatable bonds is 6. The van der Waals surface area contributed by atoms with Gasteiger partial charge in [0.1, 0.15) is 11.5 Å². The minimum atomic E-state index is -0.0979. The molecular formula is C14H20O3. The van der Waals surface area contributed by atoms with E-state index in [4.69, 9.17) is 0 Å². The molecule has 1 rings (SSSR count). The van der Waals surface area contributed by atoms with E-state index >= 15 is 0 Å². The van der Waals surface area contributed by atoms with E-state index < -0.39 is 0 Å². The van der Waals surface area contributed by atoms with Crippen molar-refractivity contribution in [3.63, 3.8) is 0 Å². The van der Waals surface area contributed by atoms with Crippen LogP contribution in [0.15, 0.2) is 12.1 Å². The van der Waals surface area contributed by atoms with Gasteiger partial charge in [-0.3, -0.25) is 4.79 Å². The fourth-order valence-electron chi connectivity index (χ4n) is 1.84. The van der Waals surface area contributed by atoms with Crippen molar-refractivity contribution in [2.24, 2.45) is 0 Å². The van der Waals surface area contributed by atoms with Crippen molar-refractivity contribution in [1.29, 1.82) is 0 Å². The molecule has 0 fully saturated rings. The van der Waals surface area contributed by atoms with Crippen molar-refractivity contribution in [2.75, 3.05) is 0 Å². The van der Waals surface area contributed by atoms with Gasteiger partial charge in [0.15, 0.2) is 5.78 Å². The molecule has 0 spiro atoms. The van der Waals surface area contributed by atoms with Gasteiger partial charge in [0.05, 0.1) is 5.56 Å². The Hall–Kier alpha value is -1.51. The Morgan fingerprint density at radius 3 is 2.47 bits per heavy atom. The summed E-state index contributed by atoms with van der Waals surface area (Å²) in [7, 11) is 0. The molecule has 0 amide bonds. The molecule has 1 aromatic carbocycles. The van der Waals surface area contributed by atoms with Crippen LogP contribution in [0.1, 0.15) is 55.5 Å². The van der Waals surface area contributed by atoms with Crippen LogP contribution in [0.5, 0.6) is 11.5 Å². The Morgan fingerprint density at radius 2 is 1.88 bits per heavy atom. The van der Waals surface area contributed by atoms with E-state index in [2.05, 4.69) is 6.92 Å². The number of benzene rings is 1. The largest absolute Gasteiger partial charge is 0.508 e. The first-order chi connectivity index (χ1) is 8.11. The maximum Gasteiger partial charge on any atom is 0.166 e. The van der Waals surface area contributed by atoms with Gasteiger partial charge in [-0.1, -0.05) is 26.7 Å². The Morgan fingerprint density at radius 1 is 1.18 bits per heavy atom. The summed E-state index contributed by atoms with van der Waals surface area (Å²) < 4.78 is 0. The molecule has 94 valence electrons. The number of unbranched alkanes of at least 4 members (excludes halogenated alkanes) is 2. The number of phenolic OH excluding ortho intramolecular Hbond substituents is 2. The average Bonchev–Trinajstić information content (AvgIpc) is 2.32. The smallest absolute Gasteiger partial charge is 0.166 e. The van der Waals surface area contributed by atoms with Crippen LogP contribution in [0, 0.1) is 0 Å². The molecule has 17 heavy (non-hydrogen) atoms. The van der Waals surface area contributed by atoms with E-state index in [1.807, 2.05) is 0 Å². The fraction of sp³-hybridized carbons (Fsp3) is 0.500. The molecule has 0 saturated heterocycles. The standard InChI is InChI=1S/C14H20O3/c1-3-5-6-7-10-13(16)9-8-11(14(10)17)12(15)4-2/h8-9,16-17H,3-7H2,1-2H3. The van der Waals surface area contributed by atoms with Crippen molar-refractivity contribution in [3.05, 3.63) is 23.3 Å². The first-order valence-corrected chi connectivity index (χ1v) is 6.18. The van der Waals surface area contributed by atoms with E-state index in [1.165, 1.54) is 12.1 Å². The van der Waals surface area contributed by atoms with Crippen LogP contribution in [-0.4, -0.2) is 16.0 Å². The zero-order chi connectivity index (χ0) is 12.8. The zero-order valence-corrected chi connectivity index (χ0v) is 10.5. The van der Waals surface area contributed by atoms with Crippen LogP contribution in [0.2, 0.25) is 0 Å². The molecule has 0 unspecified atom stereocenters. The molecule has 0 radical (unpaired) electrons. The van der Waals surface area contributed by atoms with E-state index in [0.29, 0.717) is 24.0 Å². The molecule has 3 heteroatoms. The maximum absolute atomic E-state index is 11.6. The molecule has 0 aliphatic rings. The number of ketones is 1. The molecule has 3 nitrogen and oxygen atoms in total. The number of carbonyl (C=O) groups is 1. The fourth-order valence-corrected chi connectivity index (χ4v) is 1.84. The lowest BCUT2D eigenvalue weighted by Crippen LogP contribution is -2.00. The summed E-state index contributed by atoms with van der Waals surface area (Å²) in [6.07, 6.45) is 3.99. The van der Waals surface area contributed by atoms with Gasteiger partial charge in [-0.05, 0) is 25.0 Å². The molecule has 0 bridgehead atoms. The quantitative estimate of drug-likeness (QED) is 0.587. The predicted molar refractivity (Wildman–Crippen MR) is 67.6 cm³/mol. The highest BCUT2D eigenvalue weighted by Gasteiger charge is 2.15. The van der Waals surface area contributed by atoms with Gasteiger partial charge < -0.3 is 10.2 Å². The summed E-state index contributed by atoms with van der Waals surface area (Å²) in [5.74, 6) is -0.0709. The van der Waals surface area contributed by atoms with Gasteiger partial charge in [0.25, 0.3) is 0 Å². The Bertz CT molecular complexity index is 397. The zero-order valence-electron chi connectivity index (χ0n) is 10.5. The second-order valence-electron chi connectivity index (χ2n) is 4.19. The number of hydrogen-bond donors (Lipinski definition) is 2. The number of hydrogen-bond acceptors (Lipinski definition) is 3. The minimum absolute atomic E-state index is 0.0482. The first kappa shape index (κ1) is 13.6. The first-order valence-electron chi connectivity index (χ1n) is 6.18. The number of Topliss-reactive ketones (excluding diaryl/α,β-unsaturated/α-hetero) is 1. The molecule has 0 heterocycles. The topological polar surface area (TPSA) is 57.5 Å². The van der Waals surface area contributed by atoms with Crippen LogP contribution in [0.3, 0.4) is 0 Å². The third-order valence-corrected chi connectivity index (χ3v) is 2.91. The third kappa shape index (κ3) is 3.22. The highest BCUT2D eigenvalue weighted by molar-refractivity contribution is 5.99. The Balaban J connectivity index is 2.98. The summed E-state index contributed by atoms with van der Waals surface area (Å²) in [5, 5.41) is 19.7. The molecule has 0 saturated carbocycles. The molecule has 0 aliphatic heterocycles. The van der Waals surface area contributed by atoms with E-state index in [-0.39, 0.29) is 17.3 Å². The summed E-state index contributed by atoms with van der Waals surface area (Å²) in [4.78, 5) is 11.6. The van der Waals surface area contributed by atoms with Crippen molar-refractivity contribution in [1.82, 2.24) is 0 Å². The highest BCUT2D eigenvalue weighted by atomic mass is 16.3. The summed E-state index contributed by atoms with van der Waals surface area (Å²) in [6.45, 7) is 3.85. The Labute approximate surface area is 102 Å². The van der Waals surface area contributed by atoms with Gasteiger partial charge in [0, 0.05) is 12.0 Å². The summed E-state index contributed by atoms with van der Waals surface area (Å²) >= 11 is 0. The summed E-state index contributed by atoms with van der Waals surface area (Å²) in [6, 6.07) is 2.98. The monoisotopic (exact) mass is 236 g/mol. The van der Waals surface area contributed by atoms with E-state index in [0.717, 1.165) is 19.3 Å². The molecule has 0 atom stereocenters. The van der Waals surface area contributed by atoms with Crippen molar-refractivity contribution in [3.8, 4) is 11.5 Å². The minimum Gasteiger partial charge on any atom is -0.508 e. The molecule has 0 aromatic heterocycles. The average molecular weight is 236 g/mol. The SMILES string of the molecule is CCCCCc1c(O)ccc(C(=O)CC)c1O. The second-order valence-corrected chi connectivity index (χ2v) is 4.19. The predicted octanol–water partition coefficient (Wildman–Crippen LogP) is 3.42. The number of phenols is 2. The van der Waals surface area contributed by atoms with Gasteiger partial charge >= 0.3 is 0 Å². The number of aromatic hydroxyl groups is 2. The van der Waals surface area contributed by atoms with E-state index in [1.54, 1.807) is 6.92 Å². The van der Waals surface area contributed by atoms with Gasteiger partial charge in [-0.2, -0.15) is 0 Å².